The molecule has 90 valence electrons. The maximum atomic E-state index is 9.84. The number of benzene rings is 1. The van der Waals surface area contributed by atoms with E-state index < -0.39 is 0 Å². The van der Waals surface area contributed by atoms with Crippen molar-refractivity contribution >= 4 is 17.0 Å². The minimum atomic E-state index is -0.0427. The van der Waals surface area contributed by atoms with Gasteiger partial charge in [-0.1, -0.05) is 17.3 Å². The minimum Gasteiger partial charge on any atom is -0.505 e. The van der Waals surface area contributed by atoms with Gasteiger partial charge in [0.1, 0.15) is 0 Å². The molecule has 0 aliphatic heterocycles. The van der Waals surface area contributed by atoms with Crippen LogP contribution in [0.25, 0.3) is 22.2 Å². The number of nitrogens with zero attached hydrogens (tertiary/aromatic N) is 2. The smallest absolute Gasteiger partial charge is 0.262 e. The van der Waals surface area contributed by atoms with Crippen LogP contribution in [0.2, 0.25) is 0 Å². The van der Waals surface area contributed by atoms with Gasteiger partial charge in [0, 0.05) is 0 Å². The highest BCUT2D eigenvalue weighted by molar-refractivity contribution is 7.13. The third-order valence-electron chi connectivity index (χ3n) is 2.47. The van der Waals surface area contributed by atoms with E-state index in [0.717, 1.165) is 4.88 Å². The first-order chi connectivity index (χ1) is 8.75. The summed E-state index contributed by atoms with van der Waals surface area (Å²) in [7, 11) is 0. The van der Waals surface area contributed by atoms with Gasteiger partial charge < -0.3 is 15.4 Å². The van der Waals surface area contributed by atoms with Crippen LogP contribution in [0.3, 0.4) is 0 Å². The first-order valence-corrected chi connectivity index (χ1v) is 6.09. The predicted octanol–water partition coefficient (Wildman–Crippen LogP) is 2.75. The number of hydrogen-bond acceptors (Lipinski definition) is 6. The minimum absolute atomic E-state index is 0.0427. The van der Waals surface area contributed by atoms with Gasteiger partial charge in [0.25, 0.3) is 5.89 Å². The fourth-order valence-corrected chi connectivity index (χ4v) is 2.22. The van der Waals surface area contributed by atoms with Gasteiger partial charge in [-0.2, -0.15) is 4.98 Å². The van der Waals surface area contributed by atoms with E-state index in [1.807, 2.05) is 17.5 Å². The summed E-state index contributed by atoms with van der Waals surface area (Å²) in [5, 5.41) is 15.7. The first kappa shape index (κ1) is 10.8. The highest BCUT2D eigenvalue weighted by Crippen LogP contribution is 2.33. The zero-order valence-electron chi connectivity index (χ0n) is 9.20. The SMILES string of the molecule is Nc1cccc(-c2nc(-c3cccs3)no2)c1O. The number of phenolic OH excluding ortho intramolecular Hbond substituents is 1. The second-order valence-electron chi connectivity index (χ2n) is 3.64. The standard InChI is InChI=1S/C12H9N3O2S/c13-8-4-1-3-7(10(8)16)12-14-11(15-17-12)9-5-2-6-18-9/h1-6,16H,13H2. The van der Waals surface area contributed by atoms with Gasteiger partial charge in [0.05, 0.1) is 16.1 Å². The molecule has 3 aromatic rings. The van der Waals surface area contributed by atoms with Gasteiger partial charge in [-0.05, 0) is 23.6 Å². The summed E-state index contributed by atoms with van der Waals surface area (Å²) in [5.74, 6) is 0.712. The van der Waals surface area contributed by atoms with Crippen LogP contribution >= 0.6 is 11.3 Å². The number of anilines is 1. The highest BCUT2D eigenvalue weighted by Gasteiger charge is 2.15. The number of aromatic hydroxyl groups is 1. The molecule has 6 heteroatoms. The summed E-state index contributed by atoms with van der Waals surface area (Å²) in [5.41, 5.74) is 6.34. The summed E-state index contributed by atoms with van der Waals surface area (Å²) in [6.07, 6.45) is 0. The number of rotatable bonds is 2. The van der Waals surface area contributed by atoms with Crippen molar-refractivity contribution in [3.8, 4) is 27.9 Å². The van der Waals surface area contributed by atoms with Crippen LogP contribution in [0.5, 0.6) is 5.75 Å². The van der Waals surface area contributed by atoms with E-state index in [1.54, 1.807) is 18.2 Å². The van der Waals surface area contributed by atoms with Crippen molar-refractivity contribution in [3.05, 3.63) is 35.7 Å². The Balaban J connectivity index is 2.06. The zero-order valence-corrected chi connectivity index (χ0v) is 10.0. The first-order valence-electron chi connectivity index (χ1n) is 5.21. The van der Waals surface area contributed by atoms with Crippen LogP contribution < -0.4 is 5.73 Å². The molecule has 2 heterocycles. The number of thiophene rings is 1. The van der Waals surface area contributed by atoms with Crippen molar-refractivity contribution in [2.75, 3.05) is 5.73 Å². The monoisotopic (exact) mass is 259 g/mol. The third kappa shape index (κ3) is 1.72. The Morgan fingerprint density at radius 1 is 1.22 bits per heavy atom. The van der Waals surface area contributed by atoms with Crippen LogP contribution in [-0.4, -0.2) is 15.2 Å². The van der Waals surface area contributed by atoms with Crippen LogP contribution in [0, 0.1) is 0 Å². The van der Waals surface area contributed by atoms with Gasteiger partial charge in [-0.3, -0.25) is 0 Å². The largest absolute Gasteiger partial charge is 0.505 e. The van der Waals surface area contributed by atoms with Crippen LogP contribution in [0.15, 0.2) is 40.2 Å². The molecular weight excluding hydrogens is 250 g/mol. The number of nitrogens with two attached hydrogens (primary N) is 1. The Hall–Kier alpha value is -2.34. The summed E-state index contributed by atoms with van der Waals surface area (Å²) < 4.78 is 5.14. The number of aromatic nitrogens is 2. The topological polar surface area (TPSA) is 85.2 Å². The van der Waals surface area contributed by atoms with Gasteiger partial charge in [-0.25, -0.2) is 0 Å². The van der Waals surface area contributed by atoms with E-state index in [1.165, 1.54) is 11.3 Å². The van der Waals surface area contributed by atoms with Crippen molar-refractivity contribution in [1.82, 2.24) is 10.1 Å². The maximum Gasteiger partial charge on any atom is 0.262 e. The Bertz CT molecular complexity index is 676. The summed E-state index contributed by atoms with van der Waals surface area (Å²) in [6.45, 7) is 0. The predicted molar refractivity (Wildman–Crippen MR) is 69.1 cm³/mol. The molecule has 1 aromatic carbocycles. The normalized spacial score (nSPS) is 10.7. The maximum absolute atomic E-state index is 9.84. The second kappa shape index (κ2) is 4.15. The summed E-state index contributed by atoms with van der Waals surface area (Å²) in [6, 6.07) is 8.82. The zero-order chi connectivity index (χ0) is 12.5. The van der Waals surface area contributed by atoms with Crippen molar-refractivity contribution in [2.24, 2.45) is 0 Å². The summed E-state index contributed by atoms with van der Waals surface area (Å²) >= 11 is 1.52. The van der Waals surface area contributed by atoms with E-state index in [-0.39, 0.29) is 17.3 Å². The Morgan fingerprint density at radius 3 is 2.89 bits per heavy atom. The average Bonchev–Trinajstić information content (AvgIpc) is 3.01. The van der Waals surface area contributed by atoms with Crippen molar-refractivity contribution in [1.29, 1.82) is 0 Å². The second-order valence-corrected chi connectivity index (χ2v) is 4.59. The van der Waals surface area contributed by atoms with E-state index in [4.69, 9.17) is 10.3 Å². The lowest BCUT2D eigenvalue weighted by atomic mass is 10.2. The fourth-order valence-electron chi connectivity index (χ4n) is 1.57. The molecule has 18 heavy (non-hydrogen) atoms. The van der Waals surface area contributed by atoms with Crippen LogP contribution in [0.1, 0.15) is 0 Å². The molecule has 0 fully saturated rings. The van der Waals surface area contributed by atoms with Gasteiger partial charge >= 0.3 is 0 Å². The van der Waals surface area contributed by atoms with Gasteiger partial charge in [-0.15, -0.1) is 11.3 Å². The number of para-hydroxylation sites is 1. The molecule has 0 amide bonds. The van der Waals surface area contributed by atoms with E-state index in [0.29, 0.717) is 11.4 Å². The third-order valence-corrected chi connectivity index (χ3v) is 3.33. The molecule has 2 aromatic heterocycles. The average molecular weight is 259 g/mol. The lowest BCUT2D eigenvalue weighted by Crippen LogP contribution is -1.87. The quantitative estimate of drug-likeness (QED) is 0.546. The summed E-state index contributed by atoms with van der Waals surface area (Å²) in [4.78, 5) is 5.15. The van der Waals surface area contributed by atoms with Gasteiger partial charge in [0.15, 0.2) is 5.75 Å². The molecule has 0 aliphatic rings. The lowest BCUT2D eigenvalue weighted by Gasteiger charge is -2.01. The molecular formula is C12H9N3O2S. The number of phenols is 1. The van der Waals surface area contributed by atoms with Crippen molar-refractivity contribution in [3.63, 3.8) is 0 Å². The highest BCUT2D eigenvalue weighted by atomic mass is 32.1. The van der Waals surface area contributed by atoms with Crippen molar-refractivity contribution < 1.29 is 9.63 Å². The van der Waals surface area contributed by atoms with Crippen LogP contribution in [0.4, 0.5) is 5.69 Å². The molecule has 0 saturated heterocycles. The molecule has 0 saturated carbocycles. The molecule has 3 N–H and O–H groups in total. The Labute approximate surface area is 107 Å². The van der Waals surface area contributed by atoms with E-state index in [9.17, 15) is 5.11 Å². The van der Waals surface area contributed by atoms with E-state index in [2.05, 4.69) is 10.1 Å². The lowest BCUT2D eigenvalue weighted by molar-refractivity contribution is 0.426. The fraction of sp³-hybridized carbons (Fsp3) is 0. The van der Waals surface area contributed by atoms with Crippen molar-refractivity contribution in [2.45, 2.75) is 0 Å². The molecule has 0 unspecified atom stereocenters. The number of hydrogen-bond donors (Lipinski definition) is 2. The molecule has 5 nitrogen and oxygen atoms in total. The molecule has 0 bridgehead atoms. The molecule has 0 spiro atoms. The molecule has 3 rings (SSSR count). The van der Waals surface area contributed by atoms with E-state index >= 15 is 0 Å². The number of nitrogen functional groups attached to an aromatic ring is 1. The molecule has 0 aliphatic carbocycles. The molecule has 0 radical (unpaired) electrons. The van der Waals surface area contributed by atoms with Gasteiger partial charge in [0.2, 0.25) is 5.82 Å². The van der Waals surface area contributed by atoms with Crippen LogP contribution in [-0.2, 0) is 0 Å². The molecule has 0 atom stereocenters. The Morgan fingerprint density at radius 2 is 2.11 bits per heavy atom. The Kier molecular flexibility index (Phi) is 2.49.